The van der Waals surface area contributed by atoms with E-state index in [1.54, 1.807) is 7.11 Å². The molecule has 0 spiro atoms. The standard InChI is InChI=1S/C16H33NO2/c1-6-12-17-14(8-11-15(2,3)18-4)13-16(19-5)9-7-10-16/h14,17H,6-13H2,1-5H3. The first-order chi connectivity index (χ1) is 8.97. The molecule has 0 heterocycles. The van der Waals surface area contributed by atoms with Crippen molar-refractivity contribution in [1.82, 2.24) is 5.32 Å². The first kappa shape index (κ1) is 16.9. The van der Waals surface area contributed by atoms with Gasteiger partial charge in [-0.25, -0.2) is 0 Å². The number of rotatable bonds is 10. The molecule has 0 saturated heterocycles. The van der Waals surface area contributed by atoms with Gasteiger partial charge in [-0.1, -0.05) is 6.92 Å². The summed E-state index contributed by atoms with van der Waals surface area (Å²) in [4.78, 5) is 0. The van der Waals surface area contributed by atoms with Crippen LogP contribution in [-0.4, -0.2) is 38.0 Å². The van der Waals surface area contributed by atoms with Gasteiger partial charge in [0.25, 0.3) is 0 Å². The monoisotopic (exact) mass is 271 g/mol. The lowest BCUT2D eigenvalue weighted by molar-refractivity contribution is -0.0853. The molecule has 0 radical (unpaired) electrons. The van der Waals surface area contributed by atoms with Gasteiger partial charge in [0.2, 0.25) is 0 Å². The van der Waals surface area contributed by atoms with Gasteiger partial charge in [-0.2, -0.15) is 0 Å². The summed E-state index contributed by atoms with van der Waals surface area (Å²) in [6.45, 7) is 7.65. The quantitative estimate of drug-likeness (QED) is 0.659. The van der Waals surface area contributed by atoms with E-state index in [1.807, 2.05) is 7.11 Å². The summed E-state index contributed by atoms with van der Waals surface area (Å²) in [7, 11) is 3.67. The molecule has 1 N–H and O–H groups in total. The second-order valence-electron chi connectivity index (χ2n) is 6.60. The molecule has 1 unspecified atom stereocenters. The van der Waals surface area contributed by atoms with Crippen molar-refractivity contribution in [2.24, 2.45) is 0 Å². The minimum absolute atomic E-state index is 0.0218. The predicted molar refractivity (Wildman–Crippen MR) is 80.6 cm³/mol. The van der Waals surface area contributed by atoms with Crippen LogP contribution in [0.4, 0.5) is 0 Å². The van der Waals surface area contributed by atoms with Crippen LogP contribution in [0, 0.1) is 0 Å². The molecule has 3 heteroatoms. The van der Waals surface area contributed by atoms with Crippen LogP contribution < -0.4 is 5.32 Å². The molecule has 1 atom stereocenters. The number of hydrogen-bond acceptors (Lipinski definition) is 3. The molecule has 19 heavy (non-hydrogen) atoms. The molecular weight excluding hydrogens is 238 g/mol. The Morgan fingerprint density at radius 1 is 1.26 bits per heavy atom. The van der Waals surface area contributed by atoms with E-state index in [-0.39, 0.29) is 11.2 Å². The van der Waals surface area contributed by atoms with Crippen LogP contribution in [0.25, 0.3) is 0 Å². The molecule has 1 aliphatic carbocycles. The third-order valence-electron chi connectivity index (χ3n) is 4.65. The van der Waals surface area contributed by atoms with E-state index in [4.69, 9.17) is 9.47 Å². The van der Waals surface area contributed by atoms with Crippen LogP contribution in [0.1, 0.15) is 65.7 Å². The zero-order valence-corrected chi connectivity index (χ0v) is 13.6. The summed E-state index contributed by atoms with van der Waals surface area (Å²) in [5, 5.41) is 3.69. The minimum atomic E-state index is -0.0218. The van der Waals surface area contributed by atoms with Gasteiger partial charge in [-0.05, 0) is 65.3 Å². The van der Waals surface area contributed by atoms with Gasteiger partial charge in [-0.3, -0.25) is 0 Å². The Kier molecular flexibility index (Phi) is 6.78. The number of hydrogen-bond donors (Lipinski definition) is 1. The first-order valence-electron chi connectivity index (χ1n) is 7.80. The maximum absolute atomic E-state index is 5.77. The highest BCUT2D eigenvalue weighted by atomic mass is 16.5. The van der Waals surface area contributed by atoms with Crippen LogP contribution in [0.5, 0.6) is 0 Å². The molecule has 1 saturated carbocycles. The highest BCUT2D eigenvalue weighted by Gasteiger charge is 2.39. The average molecular weight is 271 g/mol. The van der Waals surface area contributed by atoms with E-state index in [0.717, 1.165) is 25.8 Å². The largest absolute Gasteiger partial charge is 0.379 e. The number of methoxy groups -OCH3 is 2. The van der Waals surface area contributed by atoms with Gasteiger partial charge < -0.3 is 14.8 Å². The van der Waals surface area contributed by atoms with Gasteiger partial charge in [0.15, 0.2) is 0 Å². The van der Waals surface area contributed by atoms with Crippen molar-refractivity contribution in [1.29, 1.82) is 0 Å². The summed E-state index contributed by atoms with van der Waals surface area (Å²) in [5.74, 6) is 0. The summed E-state index contributed by atoms with van der Waals surface area (Å²) >= 11 is 0. The van der Waals surface area contributed by atoms with Crippen LogP contribution in [0.3, 0.4) is 0 Å². The van der Waals surface area contributed by atoms with Crippen molar-refractivity contribution in [3.63, 3.8) is 0 Å². The van der Waals surface area contributed by atoms with Crippen LogP contribution in [0.2, 0.25) is 0 Å². The lowest BCUT2D eigenvalue weighted by atomic mass is 9.74. The fraction of sp³-hybridized carbons (Fsp3) is 1.00. The zero-order chi connectivity index (χ0) is 14.4. The molecule has 1 fully saturated rings. The molecule has 1 aliphatic rings. The Hall–Kier alpha value is -0.120. The highest BCUT2D eigenvalue weighted by Crippen LogP contribution is 2.39. The minimum Gasteiger partial charge on any atom is -0.379 e. The Morgan fingerprint density at radius 3 is 2.37 bits per heavy atom. The van der Waals surface area contributed by atoms with Crippen LogP contribution >= 0.6 is 0 Å². The summed E-state index contributed by atoms with van der Waals surface area (Å²) in [5.41, 5.74) is 0.134. The smallest absolute Gasteiger partial charge is 0.0693 e. The van der Waals surface area contributed by atoms with E-state index in [2.05, 4.69) is 26.1 Å². The molecular formula is C16H33NO2. The lowest BCUT2D eigenvalue weighted by Crippen LogP contribution is -2.46. The average Bonchev–Trinajstić information content (AvgIpc) is 2.36. The Labute approximate surface area is 119 Å². The molecule has 114 valence electrons. The maximum Gasteiger partial charge on any atom is 0.0693 e. The van der Waals surface area contributed by atoms with Gasteiger partial charge in [0.05, 0.1) is 11.2 Å². The van der Waals surface area contributed by atoms with Gasteiger partial charge in [0, 0.05) is 20.3 Å². The Morgan fingerprint density at radius 2 is 1.95 bits per heavy atom. The lowest BCUT2D eigenvalue weighted by Gasteiger charge is -2.43. The van der Waals surface area contributed by atoms with Crippen LogP contribution in [-0.2, 0) is 9.47 Å². The van der Waals surface area contributed by atoms with Crippen molar-refractivity contribution in [3.05, 3.63) is 0 Å². The van der Waals surface area contributed by atoms with Crippen molar-refractivity contribution in [2.45, 2.75) is 83.0 Å². The maximum atomic E-state index is 5.77. The molecule has 0 aromatic rings. The summed E-state index contributed by atoms with van der Waals surface area (Å²) in [6.07, 6.45) is 8.34. The molecule has 0 amide bonds. The van der Waals surface area contributed by atoms with Gasteiger partial charge in [-0.15, -0.1) is 0 Å². The van der Waals surface area contributed by atoms with Crippen LogP contribution in [0.15, 0.2) is 0 Å². The normalized spacial score (nSPS) is 20.1. The molecule has 0 aromatic heterocycles. The second kappa shape index (κ2) is 7.61. The van der Waals surface area contributed by atoms with Crippen molar-refractivity contribution in [3.8, 4) is 0 Å². The zero-order valence-electron chi connectivity index (χ0n) is 13.6. The van der Waals surface area contributed by atoms with E-state index < -0.39 is 0 Å². The Bertz CT molecular complexity index is 244. The second-order valence-corrected chi connectivity index (χ2v) is 6.60. The van der Waals surface area contributed by atoms with Gasteiger partial charge in [0.1, 0.15) is 0 Å². The third kappa shape index (κ3) is 5.41. The van der Waals surface area contributed by atoms with Crippen molar-refractivity contribution < 1.29 is 9.47 Å². The molecule has 0 aliphatic heterocycles. The predicted octanol–water partition coefficient (Wildman–Crippen LogP) is 3.52. The molecule has 0 bridgehead atoms. The van der Waals surface area contributed by atoms with E-state index in [9.17, 15) is 0 Å². The summed E-state index contributed by atoms with van der Waals surface area (Å²) in [6, 6.07) is 0.551. The molecule has 3 nitrogen and oxygen atoms in total. The van der Waals surface area contributed by atoms with E-state index >= 15 is 0 Å². The number of nitrogens with one attached hydrogen (secondary N) is 1. The van der Waals surface area contributed by atoms with Crippen molar-refractivity contribution in [2.75, 3.05) is 20.8 Å². The summed E-state index contributed by atoms with van der Waals surface area (Å²) < 4.78 is 11.3. The fourth-order valence-corrected chi connectivity index (χ4v) is 2.76. The van der Waals surface area contributed by atoms with E-state index in [0.29, 0.717) is 6.04 Å². The fourth-order valence-electron chi connectivity index (χ4n) is 2.76. The Balaban J connectivity index is 2.46. The van der Waals surface area contributed by atoms with Gasteiger partial charge >= 0.3 is 0 Å². The van der Waals surface area contributed by atoms with E-state index in [1.165, 1.54) is 25.7 Å². The highest BCUT2D eigenvalue weighted by molar-refractivity contribution is 4.93. The number of ether oxygens (including phenoxy) is 2. The molecule has 1 rings (SSSR count). The first-order valence-corrected chi connectivity index (χ1v) is 7.80. The molecule has 0 aromatic carbocycles. The third-order valence-corrected chi connectivity index (χ3v) is 4.65. The topological polar surface area (TPSA) is 30.5 Å². The van der Waals surface area contributed by atoms with Crippen molar-refractivity contribution >= 4 is 0 Å². The SMILES string of the molecule is CCCNC(CCC(C)(C)OC)CC1(OC)CCC1.